The molecule has 0 spiro atoms. The van der Waals surface area contributed by atoms with Crippen LogP contribution < -0.4 is 14.8 Å². The Kier molecular flexibility index (Phi) is 5.73. The van der Waals surface area contributed by atoms with Crippen LogP contribution in [0.15, 0.2) is 53.4 Å². The first-order valence-electron chi connectivity index (χ1n) is 8.21. The van der Waals surface area contributed by atoms with Crippen LogP contribution in [0.4, 0.5) is 10.8 Å². The lowest BCUT2D eigenvalue weighted by Crippen LogP contribution is -2.26. The highest BCUT2D eigenvalue weighted by molar-refractivity contribution is 7.89. The van der Waals surface area contributed by atoms with Gasteiger partial charge in [0.1, 0.15) is 10.8 Å². The Morgan fingerprint density at radius 2 is 1.70 bits per heavy atom. The average Bonchev–Trinajstić information content (AvgIpc) is 3.11. The van der Waals surface area contributed by atoms with Gasteiger partial charge < -0.3 is 10.1 Å². The SMILES string of the molecule is COc1ccc(Nc2nnc(C(C)NS(=O)(=O)c3ccc(C)cc3)s2)cc1. The minimum absolute atomic E-state index is 0.223. The first-order chi connectivity index (χ1) is 12.9. The first-order valence-corrected chi connectivity index (χ1v) is 10.5. The molecule has 0 aliphatic carbocycles. The van der Waals surface area contributed by atoms with Crippen molar-refractivity contribution in [1.82, 2.24) is 14.9 Å². The van der Waals surface area contributed by atoms with Gasteiger partial charge in [-0.3, -0.25) is 0 Å². The Labute approximate surface area is 162 Å². The second-order valence-electron chi connectivity index (χ2n) is 5.95. The van der Waals surface area contributed by atoms with Gasteiger partial charge in [0.2, 0.25) is 15.2 Å². The molecule has 0 saturated carbocycles. The molecule has 0 aliphatic heterocycles. The lowest BCUT2D eigenvalue weighted by Gasteiger charge is -2.11. The second kappa shape index (κ2) is 8.03. The van der Waals surface area contributed by atoms with Crippen molar-refractivity contribution < 1.29 is 13.2 Å². The third-order valence-electron chi connectivity index (χ3n) is 3.82. The molecule has 9 heteroatoms. The summed E-state index contributed by atoms with van der Waals surface area (Å²) in [5.74, 6) is 0.762. The molecule has 1 heterocycles. The summed E-state index contributed by atoms with van der Waals surface area (Å²) in [5.41, 5.74) is 1.84. The van der Waals surface area contributed by atoms with E-state index in [0.717, 1.165) is 17.0 Å². The Morgan fingerprint density at radius 1 is 1.04 bits per heavy atom. The highest BCUT2D eigenvalue weighted by atomic mass is 32.2. The molecule has 0 aliphatic rings. The number of anilines is 2. The molecular weight excluding hydrogens is 384 g/mol. The Balaban J connectivity index is 1.68. The summed E-state index contributed by atoms with van der Waals surface area (Å²) in [6.45, 7) is 3.65. The van der Waals surface area contributed by atoms with Crippen LogP contribution in [0.3, 0.4) is 0 Å². The molecule has 0 fully saturated rings. The van der Waals surface area contributed by atoms with Gasteiger partial charge in [-0.1, -0.05) is 29.0 Å². The lowest BCUT2D eigenvalue weighted by molar-refractivity contribution is 0.415. The Hall–Kier alpha value is -2.49. The highest BCUT2D eigenvalue weighted by Gasteiger charge is 2.21. The van der Waals surface area contributed by atoms with Crippen molar-refractivity contribution in [2.75, 3.05) is 12.4 Å². The van der Waals surface area contributed by atoms with Gasteiger partial charge in [0.15, 0.2) is 0 Å². The van der Waals surface area contributed by atoms with Crippen LogP contribution in [0.5, 0.6) is 5.75 Å². The van der Waals surface area contributed by atoms with E-state index in [1.807, 2.05) is 31.2 Å². The summed E-state index contributed by atoms with van der Waals surface area (Å²) in [6, 6.07) is 13.6. The summed E-state index contributed by atoms with van der Waals surface area (Å²) in [7, 11) is -2.02. The number of nitrogens with one attached hydrogen (secondary N) is 2. The van der Waals surface area contributed by atoms with E-state index >= 15 is 0 Å². The third-order valence-corrected chi connectivity index (χ3v) is 6.39. The van der Waals surface area contributed by atoms with E-state index < -0.39 is 16.1 Å². The van der Waals surface area contributed by atoms with Crippen LogP contribution in [0.2, 0.25) is 0 Å². The lowest BCUT2D eigenvalue weighted by atomic mass is 10.2. The van der Waals surface area contributed by atoms with Crippen LogP contribution in [0.25, 0.3) is 0 Å². The maximum atomic E-state index is 12.5. The molecule has 0 bridgehead atoms. The molecule has 2 aromatic carbocycles. The zero-order valence-electron chi connectivity index (χ0n) is 15.1. The molecule has 27 heavy (non-hydrogen) atoms. The molecule has 1 aromatic heterocycles. The molecular formula is C18H20N4O3S2. The normalized spacial score (nSPS) is 12.6. The van der Waals surface area contributed by atoms with Crippen LogP contribution >= 0.6 is 11.3 Å². The molecule has 7 nitrogen and oxygen atoms in total. The molecule has 142 valence electrons. The van der Waals surface area contributed by atoms with E-state index in [1.165, 1.54) is 11.3 Å². The smallest absolute Gasteiger partial charge is 0.241 e. The summed E-state index contributed by atoms with van der Waals surface area (Å²) >= 11 is 1.29. The fourth-order valence-corrected chi connectivity index (χ4v) is 4.37. The van der Waals surface area contributed by atoms with Crippen LogP contribution in [-0.4, -0.2) is 25.7 Å². The van der Waals surface area contributed by atoms with Gasteiger partial charge in [0.05, 0.1) is 18.0 Å². The number of rotatable bonds is 7. The van der Waals surface area contributed by atoms with E-state index in [4.69, 9.17) is 4.74 Å². The largest absolute Gasteiger partial charge is 0.497 e. The number of nitrogens with zero attached hydrogens (tertiary/aromatic N) is 2. The van der Waals surface area contributed by atoms with Crippen molar-refractivity contribution >= 4 is 32.2 Å². The van der Waals surface area contributed by atoms with Gasteiger partial charge in [-0.15, -0.1) is 10.2 Å². The van der Waals surface area contributed by atoms with E-state index in [-0.39, 0.29) is 4.90 Å². The fraction of sp³-hybridized carbons (Fsp3) is 0.222. The van der Waals surface area contributed by atoms with E-state index in [1.54, 1.807) is 38.3 Å². The Morgan fingerprint density at radius 3 is 2.33 bits per heavy atom. The van der Waals surface area contributed by atoms with Crippen LogP contribution in [-0.2, 0) is 10.0 Å². The molecule has 1 unspecified atom stereocenters. The fourth-order valence-electron chi connectivity index (χ4n) is 2.33. The van der Waals surface area contributed by atoms with Crippen molar-refractivity contribution in [2.24, 2.45) is 0 Å². The zero-order valence-corrected chi connectivity index (χ0v) is 16.8. The van der Waals surface area contributed by atoms with Gasteiger partial charge in [0, 0.05) is 5.69 Å². The number of benzene rings is 2. The Bertz CT molecular complexity index is 1000. The summed E-state index contributed by atoms with van der Waals surface area (Å²) in [5, 5.41) is 12.5. The minimum atomic E-state index is -3.63. The molecule has 3 aromatic rings. The van der Waals surface area contributed by atoms with Crippen molar-refractivity contribution in [3.63, 3.8) is 0 Å². The predicted molar refractivity (Wildman–Crippen MR) is 106 cm³/mol. The monoisotopic (exact) mass is 404 g/mol. The quantitative estimate of drug-likeness (QED) is 0.624. The van der Waals surface area contributed by atoms with Crippen LogP contribution in [0.1, 0.15) is 23.5 Å². The zero-order chi connectivity index (χ0) is 19.4. The minimum Gasteiger partial charge on any atom is -0.497 e. The average molecular weight is 405 g/mol. The van der Waals surface area contributed by atoms with Crippen molar-refractivity contribution in [3.05, 3.63) is 59.1 Å². The van der Waals surface area contributed by atoms with Gasteiger partial charge in [0.25, 0.3) is 0 Å². The molecule has 0 radical (unpaired) electrons. The number of sulfonamides is 1. The van der Waals surface area contributed by atoms with Gasteiger partial charge in [-0.25, -0.2) is 13.1 Å². The van der Waals surface area contributed by atoms with Gasteiger partial charge in [-0.05, 0) is 50.2 Å². The number of ether oxygens (including phenoxy) is 1. The predicted octanol–water partition coefficient (Wildman–Crippen LogP) is 3.64. The number of hydrogen-bond donors (Lipinski definition) is 2. The van der Waals surface area contributed by atoms with E-state index in [2.05, 4.69) is 20.2 Å². The van der Waals surface area contributed by atoms with Crippen LogP contribution in [0, 0.1) is 6.92 Å². The molecule has 0 amide bonds. The number of aryl methyl sites for hydroxylation is 1. The highest BCUT2D eigenvalue weighted by Crippen LogP contribution is 2.26. The maximum absolute atomic E-state index is 12.5. The van der Waals surface area contributed by atoms with Gasteiger partial charge >= 0.3 is 0 Å². The first kappa shape index (κ1) is 19.3. The number of methoxy groups -OCH3 is 1. The second-order valence-corrected chi connectivity index (χ2v) is 8.68. The summed E-state index contributed by atoms with van der Waals surface area (Å²) < 4.78 is 32.8. The molecule has 3 rings (SSSR count). The van der Waals surface area contributed by atoms with E-state index in [9.17, 15) is 8.42 Å². The third kappa shape index (κ3) is 4.82. The summed E-state index contributed by atoms with van der Waals surface area (Å²) in [4.78, 5) is 0.223. The van der Waals surface area contributed by atoms with Crippen molar-refractivity contribution in [2.45, 2.75) is 24.8 Å². The molecule has 2 N–H and O–H groups in total. The van der Waals surface area contributed by atoms with Gasteiger partial charge in [-0.2, -0.15) is 0 Å². The number of hydrogen-bond acceptors (Lipinski definition) is 7. The van der Waals surface area contributed by atoms with Crippen molar-refractivity contribution in [1.29, 1.82) is 0 Å². The molecule has 0 saturated heterocycles. The summed E-state index contributed by atoms with van der Waals surface area (Å²) in [6.07, 6.45) is 0. The standard InChI is InChI=1S/C18H20N4O3S2/c1-12-4-10-16(11-5-12)27(23,24)22-13(2)17-20-21-18(26-17)19-14-6-8-15(25-3)9-7-14/h4-11,13,22H,1-3H3,(H,19,21). The number of aromatic nitrogens is 2. The maximum Gasteiger partial charge on any atom is 0.241 e. The topological polar surface area (TPSA) is 93.2 Å². The van der Waals surface area contributed by atoms with E-state index in [0.29, 0.717) is 10.1 Å². The molecule has 1 atom stereocenters. The van der Waals surface area contributed by atoms with Crippen molar-refractivity contribution in [3.8, 4) is 5.75 Å².